The average molecular weight is 559 g/mol. The number of hydrogen-bond donors (Lipinski definition) is 2. The predicted octanol–water partition coefficient (Wildman–Crippen LogP) is 2.22. The van der Waals surface area contributed by atoms with Gasteiger partial charge in [-0.25, -0.2) is 18.5 Å². The Balaban J connectivity index is 0.000000771. The Labute approximate surface area is 225 Å². The molecule has 0 spiro atoms. The number of rotatable bonds is 8. The minimum absolute atomic E-state index is 0.0174. The number of carbonyl (C=O) groups is 1. The summed E-state index contributed by atoms with van der Waals surface area (Å²) in [5, 5.41) is 34.2. The molecule has 3 aromatic heterocycles. The number of aliphatic carboxylic acids is 1. The van der Waals surface area contributed by atoms with Crippen LogP contribution in [0.25, 0.3) is 15.2 Å². The summed E-state index contributed by atoms with van der Waals surface area (Å²) in [6.45, 7) is 4.32. The van der Waals surface area contributed by atoms with Crippen LogP contribution in [0.1, 0.15) is 31.4 Å². The van der Waals surface area contributed by atoms with Crippen LogP contribution in [-0.4, -0.2) is 54.0 Å². The summed E-state index contributed by atoms with van der Waals surface area (Å²) in [7, 11) is 1.46. The number of hydrogen-bond acceptors (Lipinski definition) is 9. The molecule has 2 N–H and O–H groups in total. The Morgan fingerprint density at radius 3 is 2.46 bits per heavy atom. The van der Waals surface area contributed by atoms with E-state index < -0.39 is 28.6 Å². The van der Waals surface area contributed by atoms with Crippen molar-refractivity contribution in [3.8, 4) is 16.8 Å². The van der Waals surface area contributed by atoms with Crippen LogP contribution in [0.5, 0.6) is 5.75 Å². The molecule has 0 atom stereocenters. The lowest BCUT2D eigenvalue weighted by Gasteiger charge is -2.23. The Morgan fingerprint density at radius 2 is 1.92 bits per heavy atom. The van der Waals surface area contributed by atoms with Crippen LogP contribution in [0.2, 0.25) is 0 Å². The van der Waals surface area contributed by atoms with Gasteiger partial charge < -0.3 is 14.9 Å². The summed E-state index contributed by atoms with van der Waals surface area (Å²) < 4.78 is 21.3. The molecule has 0 aliphatic carbocycles. The van der Waals surface area contributed by atoms with Gasteiger partial charge in [0, 0.05) is 12.1 Å². The lowest BCUT2D eigenvalue weighted by atomic mass is 10.1. The molecule has 0 aliphatic heterocycles. The molecule has 39 heavy (non-hydrogen) atoms. The summed E-state index contributed by atoms with van der Waals surface area (Å²) in [6.07, 6.45) is 3.42. The van der Waals surface area contributed by atoms with E-state index in [9.17, 15) is 23.9 Å². The molecule has 14 heteroatoms. The van der Waals surface area contributed by atoms with Gasteiger partial charge in [0.1, 0.15) is 26.9 Å². The molecule has 0 radical (unpaired) electrons. The third-order valence-electron chi connectivity index (χ3n) is 5.94. The Hall–Kier alpha value is -4.35. The second-order valence-corrected chi connectivity index (χ2v) is 9.79. The van der Waals surface area contributed by atoms with E-state index in [1.54, 1.807) is 13.0 Å². The Kier molecular flexibility index (Phi) is 9.00. The van der Waals surface area contributed by atoms with Crippen LogP contribution >= 0.6 is 11.3 Å². The molecule has 4 rings (SSSR count). The fraction of sp³-hybridized carbons (Fsp3) is 0.360. The fourth-order valence-corrected chi connectivity index (χ4v) is 5.09. The molecule has 1 aromatic carbocycles. The Bertz CT molecular complexity index is 1650. The number of benzene rings is 1. The highest BCUT2D eigenvalue weighted by molar-refractivity contribution is 7.21. The molecule has 0 saturated carbocycles. The van der Waals surface area contributed by atoms with Crippen molar-refractivity contribution < 1.29 is 24.1 Å². The molecule has 206 valence electrons. The lowest BCUT2D eigenvalue weighted by Crippen LogP contribution is -2.52. The molecule has 0 amide bonds. The minimum atomic E-state index is -1.81. The van der Waals surface area contributed by atoms with Gasteiger partial charge in [-0.15, -0.1) is 4.80 Å². The van der Waals surface area contributed by atoms with Crippen molar-refractivity contribution in [1.82, 2.24) is 24.1 Å². The summed E-state index contributed by atoms with van der Waals surface area (Å²) >= 11 is 1.15. The van der Waals surface area contributed by atoms with E-state index in [0.717, 1.165) is 15.9 Å². The fourth-order valence-electron chi connectivity index (χ4n) is 3.86. The topological polar surface area (TPSA) is 165 Å². The monoisotopic (exact) mass is 558 g/mol. The number of ether oxygens (including phenoxy) is 1. The lowest BCUT2D eigenvalue weighted by molar-refractivity contribution is -0.146. The van der Waals surface area contributed by atoms with Crippen LogP contribution in [0.15, 0.2) is 40.2 Å². The Morgan fingerprint density at radius 1 is 1.26 bits per heavy atom. The van der Waals surface area contributed by atoms with Crippen LogP contribution in [0.4, 0.5) is 4.39 Å². The van der Waals surface area contributed by atoms with Gasteiger partial charge in [0.2, 0.25) is 0 Å². The number of carboxylic acids is 1. The van der Waals surface area contributed by atoms with E-state index >= 15 is 0 Å². The standard InChI is InChI=1S/C22H22FN5O5S.C3H5NO/c1-12-16-17(29)27(22(2,3)20(30)31)21(32)26(19(16)34-18(12)28-24-8-9-25-28)10-7-13-11-14(23)5-6-15(13)33-4;4-2-1-3-5/h5-6,8-9,11H,7,10H2,1-4H3,(H,30,31);5H,1,3H2. The second kappa shape index (κ2) is 12.0. The molecule has 0 saturated heterocycles. The van der Waals surface area contributed by atoms with E-state index in [2.05, 4.69) is 10.2 Å². The van der Waals surface area contributed by atoms with Crippen LogP contribution in [0.3, 0.4) is 0 Å². The quantitative estimate of drug-likeness (QED) is 0.330. The number of aliphatic hydroxyl groups excluding tert-OH is 1. The number of methoxy groups -OCH3 is 1. The molecule has 0 bridgehead atoms. The number of halogens is 1. The van der Waals surface area contributed by atoms with Crippen molar-refractivity contribution in [2.75, 3.05) is 13.7 Å². The maximum atomic E-state index is 13.9. The second-order valence-electron chi connectivity index (χ2n) is 8.81. The molecule has 0 fully saturated rings. The maximum absolute atomic E-state index is 13.9. The normalized spacial score (nSPS) is 11.1. The maximum Gasteiger partial charge on any atom is 0.333 e. The molecular weight excluding hydrogens is 531 g/mol. The van der Waals surface area contributed by atoms with Crippen LogP contribution in [0, 0.1) is 24.1 Å². The molecule has 4 aromatic rings. The first-order valence-electron chi connectivity index (χ1n) is 11.7. The van der Waals surface area contributed by atoms with E-state index in [1.807, 2.05) is 0 Å². The van der Waals surface area contributed by atoms with Gasteiger partial charge in [0.25, 0.3) is 5.56 Å². The number of nitriles is 1. The number of thiophene rings is 1. The smallest absolute Gasteiger partial charge is 0.333 e. The van der Waals surface area contributed by atoms with E-state index in [4.69, 9.17) is 15.1 Å². The van der Waals surface area contributed by atoms with Crippen molar-refractivity contribution in [1.29, 1.82) is 5.26 Å². The van der Waals surface area contributed by atoms with Gasteiger partial charge in [0.15, 0.2) is 0 Å². The minimum Gasteiger partial charge on any atom is -0.496 e. The summed E-state index contributed by atoms with van der Waals surface area (Å²) in [4.78, 5) is 40.6. The molecule has 12 nitrogen and oxygen atoms in total. The third-order valence-corrected chi connectivity index (χ3v) is 7.22. The zero-order chi connectivity index (χ0) is 28.9. The van der Waals surface area contributed by atoms with Crippen molar-refractivity contribution in [2.45, 2.75) is 45.7 Å². The zero-order valence-corrected chi connectivity index (χ0v) is 22.5. The van der Waals surface area contributed by atoms with Crippen molar-refractivity contribution in [2.24, 2.45) is 0 Å². The first-order valence-corrected chi connectivity index (χ1v) is 12.5. The van der Waals surface area contributed by atoms with E-state index in [1.165, 1.54) is 60.9 Å². The number of nitrogens with zero attached hydrogens (tertiary/aromatic N) is 6. The molecule has 0 aliphatic rings. The van der Waals surface area contributed by atoms with Crippen LogP contribution < -0.4 is 16.0 Å². The number of aryl methyl sites for hydroxylation is 3. The molecular formula is C25H27FN6O6S. The van der Waals surface area contributed by atoms with Gasteiger partial charge >= 0.3 is 11.7 Å². The van der Waals surface area contributed by atoms with Gasteiger partial charge in [0.05, 0.1) is 44.0 Å². The largest absolute Gasteiger partial charge is 0.496 e. The highest BCUT2D eigenvalue weighted by Crippen LogP contribution is 2.31. The van der Waals surface area contributed by atoms with Crippen molar-refractivity contribution in [3.63, 3.8) is 0 Å². The molecule has 0 unspecified atom stereocenters. The van der Waals surface area contributed by atoms with Gasteiger partial charge in [-0.1, -0.05) is 11.3 Å². The highest BCUT2D eigenvalue weighted by Gasteiger charge is 2.35. The van der Waals surface area contributed by atoms with Gasteiger partial charge in [-0.05, 0) is 51.0 Å². The number of carboxylic acid groups (broad SMARTS) is 1. The number of aromatic nitrogens is 5. The summed E-state index contributed by atoms with van der Waals surface area (Å²) in [5.41, 5.74) is -2.24. The van der Waals surface area contributed by atoms with Crippen LogP contribution in [-0.2, 0) is 23.3 Å². The number of fused-ring (bicyclic) bond motifs is 1. The van der Waals surface area contributed by atoms with Crippen molar-refractivity contribution >= 4 is 27.5 Å². The molecule has 3 heterocycles. The SMILES string of the molecule is COc1ccc(F)cc1CCn1c(=O)n(C(C)(C)C(=O)O)c(=O)c2c(C)c(-n3nccn3)sc21.N#CCCO. The van der Waals surface area contributed by atoms with E-state index in [-0.39, 0.29) is 31.4 Å². The first kappa shape index (κ1) is 29.2. The first-order chi connectivity index (χ1) is 18.5. The summed E-state index contributed by atoms with van der Waals surface area (Å²) in [5.74, 6) is -1.33. The van der Waals surface area contributed by atoms with Gasteiger partial charge in [-0.2, -0.15) is 15.5 Å². The number of aliphatic hydroxyl groups is 1. The zero-order valence-electron chi connectivity index (χ0n) is 21.7. The van der Waals surface area contributed by atoms with Crippen molar-refractivity contribution in [3.05, 3.63) is 68.4 Å². The van der Waals surface area contributed by atoms with Gasteiger partial charge in [-0.3, -0.25) is 9.36 Å². The predicted molar refractivity (Wildman–Crippen MR) is 141 cm³/mol. The average Bonchev–Trinajstić information content (AvgIpc) is 3.53. The summed E-state index contributed by atoms with van der Waals surface area (Å²) in [6, 6.07) is 5.85. The van der Waals surface area contributed by atoms with E-state index in [0.29, 0.717) is 26.7 Å². The highest BCUT2D eigenvalue weighted by atomic mass is 32.1. The third kappa shape index (κ3) is 5.74.